The highest BCUT2D eigenvalue weighted by atomic mass is 32.2. The number of aryl methyl sites for hydroxylation is 1. The van der Waals surface area contributed by atoms with E-state index in [1.54, 1.807) is 36.4 Å². The van der Waals surface area contributed by atoms with Gasteiger partial charge in [0.05, 0.1) is 23.3 Å². The summed E-state index contributed by atoms with van der Waals surface area (Å²) in [5, 5.41) is 21.6. The van der Waals surface area contributed by atoms with Crippen LogP contribution in [0.1, 0.15) is 36.3 Å². The second kappa shape index (κ2) is 10.7. The monoisotopic (exact) mass is 547 g/mol. The Labute approximate surface area is 226 Å². The number of amides is 1. The summed E-state index contributed by atoms with van der Waals surface area (Å²) in [6, 6.07) is 10.0. The Kier molecular flexibility index (Phi) is 7.22. The molecule has 0 bridgehead atoms. The molecule has 1 aliphatic carbocycles. The van der Waals surface area contributed by atoms with Gasteiger partial charge in [0.2, 0.25) is 11.0 Å². The largest absolute Gasteiger partial charge is 0.384 e. The van der Waals surface area contributed by atoms with Crippen LogP contribution in [-0.2, 0) is 9.59 Å². The summed E-state index contributed by atoms with van der Waals surface area (Å²) >= 11 is 2.39. The van der Waals surface area contributed by atoms with Crippen molar-refractivity contribution in [1.29, 1.82) is 5.26 Å². The molecular weight excluding hydrogens is 525 g/mol. The third kappa shape index (κ3) is 4.90. The molecule has 5 rings (SSSR count). The number of nitrogens with two attached hydrogens (primary N) is 1. The molecule has 38 heavy (non-hydrogen) atoms. The Bertz CT molecular complexity index is 1530. The quantitative estimate of drug-likeness (QED) is 0.430. The number of carbonyl (C=O) groups excluding carboxylic acids is 2. The van der Waals surface area contributed by atoms with Crippen LogP contribution in [0.2, 0.25) is 0 Å². The molecular formula is C26H22FN7O2S2. The van der Waals surface area contributed by atoms with Gasteiger partial charge < -0.3 is 11.1 Å². The van der Waals surface area contributed by atoms with Crippen molar-refractivity contribution in [3.63, 3.8) is 0 Å². The first-order valence-corrected chi connectivity index (χ1v) is 13.6. The fraction of sp³-hybridized carbons (Fsp3) is 0.231. The first-order chi connectivity index (χ1) is 18.4. The fourth-order valence-corrected chi connectivity index (χ4v) is 6.26. The summed E-state index contributed by atoms with van der Waals surface area (Å²) in [7, 11) is 0. The van der Waals surface area contributed by atoms with Gasteiger partial charge in [-0.25, -0.2) is 4.39 Å². The van der Waals surface area contributed by atoms with Crippen LogP contribution in [0.15, 0.2) is 69.7 Å². The van der Waals surface area contributed by atoms with E-state index in [4.69, 9.17) is 5.73 Å². The molecule has 1 unspecified atom stereocenters. The van der Waals surface area contributed by atoms with Gasteiger partial charge in [-0.1, -0.05) is 35.2 Å². The van der Waals surface area contributed by atoms with Gasteiger partial charge >= 0.3 is 0 Å². The van der Waals surface area contributed by atoms with Crippen LogP contribution >= 0.6 is 23.1 Å². The molecule has 3 N–H and O–H groups in total. The molecule has 12 heteroatoms. The van der Waals surface area contributed by atoms with Crippen molar-refractivity contribution in [3.8, 4) is 6.07 Å². The smallest absolute Gasteiger partial charge is 0.234 e. The maximum absolute atomic E-state index is 13.5. The lowest BCUT2D eigenvalue weighted by Gasteiger charge is -2.37. The average molecular weight is 548 g/mol. The molecule has 0 radical (unpaired) electrons. The maximum atomic E-state index is 13.5. The summed E-state index contributed by atoms with van der Waals surface area (Å²) in [6.07, 6.45) is 4.92. The van der Waals surface area contributed by atoms with Gasteiger partial charge in [-0.3, -0.25) is 19.5 Å². The first kappa shape index (κ1) is 25.6. The number of hydrogen-bond acceptors (Lipinski definition) is 10. The summed E-state index contributed by atoms with van der Waals surface area (Å²) in [5.74, 6) is -1.14. The van der Waals surface area contributed by atoms with Crippen molar-refractivity contribution in [2.24, 2.45) is 5.73 Å². The van der Waals surface area contributed by atoms with E-state index < -0.39 is 11.7 Å². The Balaban J connectivity index is 1.41. The highest BCUT2D eigenvalue weighted by Crippen LogP contribution is 2.46. The van der Waals surface area contributed by atoms with Crippen molar-refractivity contribution >= 4 is 45.6 Å². The highest BCUT2D eigenvalue weighted by molar-refractivity contribution is 8.01. The van der Waals surface area contributed by atoms with Crippen LogP contribution in [0.5, 0.6) is 0 Å². The van der Waals surface area contributed by atoms with E-state index in [1.165, 1.54) is 35.2 Å². The average Bonchev–Trinajstić information content (AvgIpc) is 3.38. The predicted molar refractivity (Wildman–Crippen MR) is 143 cm³/mol. The molecule has 3 aromatic rings. The number of rotatable bonds is 6. The van der Waals surface area contributed by atoms with Gasteiger partial charge in [0, 0.05) is 35.8 Å². The Morgan fingerprint density at radius 2 is 2.18 bits per heavy atom. The van der Waals surface area contributed by atoms with Crippen molar-refractivity contribution in [1.82, 2.24) is 15.2 Å². The summed E-state index contributed by atoms with van der Waals surface area (Å²) in [6.45, 7) is 1.78. The van der Waals surface area contributed by atoms with Crippen molar-refractivity contribution < 1.29 is 14.0 Å². The number of ketones is 1. The Morgan fingerprint density at radius 3 is 2.95 bits per heavy atom. The number of aromatic nitrogens is 3. The van der Waals surface area contributed by atoms with Crippen LogP contribution < -0.4 is 16.0 Å². The van der Waals surface area contributed by atoms with Gasteiger partial charge in [0.15, 0.2) is 10.1 Å². The molecule has 0 fully saturated rings. The van der Waals surface area contributed by atoms with Gasteiger partial charge in [-0.05, 0) is 49.1 Å². The van der Waals surface area contributed by atoms with Crippen LogP contribution in [-0.4, -0.2) is 32.6 Å². The normalized spacial score (nSPS) is 17.3. The molecule has 2 aromatic heterocycles. The second-order valence-corrected chi connectivity index (χ2v) is 10.9. The van der Waals surface area contributed by atoms with Gasteiger partial charge in [-0.15, -0.1) is 10.2 Å². The van der Waals surface area contributed by atoms with E-state index >= 15 is 0 Å². The minimum atomic E-state index is -0.593. The summed E-state index contributed by atoms with van der Waals surface area (Å²) in [4.78, 5) is 31.4. The lowest BCUT2D eigenvalue weighted by Crippen LogP contribution is -2.38. The third-order valence-electron chi connectivity index (χ3n) is 6.32. The fourth-order valence-electron chi connectivity index (χ4n) is 4.58. The topological polar surface area (TPSA) is 138 Å². The molecule has 0 saturated carbocycles. The van der Waals surface area contributed by atoms with Crippen molar-refractivity contribution in [2.75, 3.05) is 16.0 Å². The number of carbonyl (C=O) groups is 2. The van der Waals surface area contributed by atoms with E-state index in [1.807, 2.05) is 6.07 Å². The molecule has 0 spiro atoms. The molecule has 1 amide bonds. The number of anilines is 2. The number of hydrogen-bond donors (Lipinski definition) is 2. The molecule has 192 valence electrons. The zero-order valence-corrected chi connectivity index (χ0v) is 21.9. The van der Waals surface area contributed by atoms with Gasteiger partial charge in [-0.2, -0.15) is 5.26 Å². The number of nitrogens with one attached hydrogen (secondary N) is 1. The van der Waals surface area contributed by atoms with Crippen LogP contribution in [0, 0.1) is 24.1 Å². The van der Waals surface area contributed by atoms with E-state index in [2.05, 4.69) is 26.6 Å². The Hall–Kier alpha value is -4.08. The van der Waals surface area contributed by atoms with Crippen LogP contribution in [0.3, 0.4) is 0 Å². The maximum Gasteiger partial charge on any atom is 0.234 e. The first-order valence-electron chi connectivity index (χ1n) is 11.8. The lowest BCUT2D eigenvalue weighted by atomic mass is 9.76. The highest BCUT2D eigenvalue weighted by Gasteiger charge is 2.41. The van der Waals surface area contributed by atoms with E-state index in [0.717, 1.165) is 11.1 Å². The number of Topliss-reactive ketones (excluding diaryl/α,β-unsaturated/α-hetero) is 1. The van der Waals surface area contributed by atoms with Crippen molar-refractivity contribution in [3.05, 3.63) is 82.3 Å². The lowest BCUT2D eigenvalue weighted by molar-refractivity contribution is -0.116. The van der Waals surface area contributed by atoms with Crippen LogP contribution in [0.25, 0.3) is 0 Å². The third-order valence-corrected chi connectivity index (χ3v) is 8.36. The molecule has 3 heterocycles. The number of benzene rings is 1. The summed E-state index contributed by atoms with van der Waals surface area (Å²) in [5.41, 5.74) is 9.92. The molecule has 2 aliphatic rings. The number of allylic oxidation sites excluding steroid dienone is 3. The van der Waals surface area contributed by atoms with Gasteiger partial charge in [0.25, 0.3) is 0 Å². The summed E-state index contributed by atoms with van der Waals surface area (Å²) < 4.78 is 14.0. The minimum absolute atomic E-state index is 0.0335. The number of pyridine rings is 1. The zero-order valence-electron chi connectivity index (χ0n) is 20.3. The SMILES string of the molecule is Cc1ccc(F)cc1NC(=O)CSc1nnc(N2C(N)=C(C#N)C(c3cccnc3)C3=C2CCCC3=O)s1. The predicted octanol–water partition coefficient (Wildman–Crippen LogP) is 4.42. The van der Waals surface area contributed by atoms with Crippen LogP contribution in [0.4, 0.5) is 15.2 Å². The minimum Gasteiger partial charge on any atom is -0.384 e. The second-order valence-electron chi connectivity index (χ2n) is 8.75. The number of halogens is 1. The number of nitriles is 1. The molecule has 1 aliphatic heterocycles. The number of nitrogens with zero attached hydrogens (tertiary/aromatic N) is 5. The molecule has 9 nitrogen and oxygen atoms in total. The van der Waals surface area contributed by atoms with E-state index in [9.17, 15) is 19.2 Å². The Morgan fingerprint density at radius 1 is 1.34 bits per heavy atom. The van der Waals surface area contributed by atoms with Gasteiger partial charge in [0.1, 0.15) is 11.6 Å². The molecule has 0 saturated heterocycles. The standard InChI is InChI=1S/C26H22FN7O2S2/c1-14-7-8-16(27)10-18(14)31-21(36)13-37-26-33-32-25(38-26)34-19-5-2-6-20(35)23(19)22(17(11-28)24(34)29)15-4-3-9-30-12-15/h3-4,7-10,12,22H,2,5-6,13,29H2,1H3,(H,31,36). The van der Waals surface area contributed by atoms with E-state index in [-0.39, 0.29) is 28.8 Å². The molecule has 1 atom stereocenters. The number of thioether (sulfide) groups is 1. The molecule has 1 aromatic carbocycles. The van der Waals surface area contributed by atoms with E-state index in [0.29, 0.717) is 45.7 Å². The van der Waals surface area contributed by atoms with Crippen molar-refractivity contribution in [2.45, 2.75) is 36.4 Å². The zero-order chi connectivity index (χ0) is 26.8.